The highest BCUT2D eigenvalue weighted by Gasteiger charge is 2.64. The summed E-state index contributed by atoms with van der Waals surface area (Å²) < 4.78 is 0. The number of hydrogen-bond donors (Lipinski definition) is 1. The van der Waals surface area contributed by atoms with Crippen LogP contribution >= 0.6 is 23.2 Å². The molecule has 3 fully saturated rings. The Balaban J connectivity index is 1.64. The van der Waals surface area contributed by atoms with Gasteiger partial charge in [-0.15, -0.1) is 0 Å². The van der Waals surface area contributed by atoms with Crippen LogP contribution in [0.3, 0.4) is 0 Å². The monoisotopic (exact) mass is 469 g/mol. The lowest BCUT2D eigenvalue weighted by molar-refractivity contribution is -0.145. The van der Waals surface area contributed by atoms with E-state index in [0.717, 1.165) is 41.0 Å². The third-order valence-electron chi connectivity index (χ3n) is 8.02. The summed E-state index contributed by atoms with van der Waals surface area (Å²) in [5.41, 5.74) is 2.40. The second kappa shape index (κ2) is 8.18. The normalized spacial score (nSPS) is 31.8. The standard InChI is InChI=1S/C27H29Cl2NO2/c1-15-3-10-20(22(29)13-15)21-11-12-27(23(31)14-17-4-5-17)25(16(2)30-26(27)32)24(21)18-6-8-19(28)9-7-18/h3,6-10,13,16-17,21,24-25H,4-5,11-12,14H2,1-2H3,(H,30,32)/t16-,21+,24+,25+,27+/m1/s1. The first-order valence-corrected chi connectivity index (χ1v) is 12.4. The van der Waals surface area contributed by atoms with E-state index in [1.54, 1.807) is 0 Å². The molecule has 5 atom stereocenters. The van der Waals surface area contributed by atoms with Gasteiger partial charge in [-0.2, -0.15) is 0 Å². The van der Waals surface area contributed by atoms with Crippen molar-refractivity contribution in [3.63, 3.8) is 0 Å². The van der Waals surface area contributed by atoms with Gasteiger partial charge in [-0.3, -0.25) is 9.59 Å². The molecule has 5 heteroatoms. The maximum Gasteiger partial charge on any atom is 0.234 e. The van der Waals surface area contributed by atoms with Gasteiger partial charge in [-0.05, 0) is 92.2 Å². The van der Waals surface area contributed by atoms with E-state index in [-0.39, 0.29) is 35.5 Å². The molecule has 0 bridgehead atoms. The van der Waals surface area contributed by atoms with Crippen LogP contribution in [0.5, 0.6) is 0 Å². The molecule has 3 nitrogen and oxygen atoms in total. The number of hydrogen-bond acceptors (Lipinski definition) is 2. The van der Waals surface area contributed by atoms with E-state index >= 15 is 0 Å². The summed E-state index contributed by atoms with van der Waals surface area (Å²) in [5, 5.41) is 4.60. The molecular weight excluding hydrogens is 441 g/mol. The highest BCUT2D eigenvalue weighted by Crippen LogP contribution is 2.60. The van der Waals surface area contributed by atoms with Crippen molar-refractivity contribution < 1.29 is 9.59 Å². The molecule has 0 aromatic heterocycles. The quantitative estimate of drug-likeness (QED) is 0.511. The molecule has 2 aromatic rings. The molecule has 32 heavy (non-hydrogen) atoms. The smallest absolute Gasteiger partial charge is 0.234 e. The largest absolute Gasteiger partial charge is 0.352 e. The molecule has 1 saturated heterocycles. The maximum atomic E-state index is 13.7. The predicted octanol–water partition coefficient (Wildman–Crippen LogP) is 6.45. The molecule has 1 N–H and O–H groups in total. The van der Waals surface area contributed by atoms with Gasteiger partial charge in [-0.1, -0.05) is 47.5 Å². The van der Waals surface area contributed by atoms with Gasteiger partial charge in [0.05, 0.1) is 0 Å². The van der Waals surface area contributed by atoms with Crippen LogP contribution in [0.4, 0.5) is 0 Å². The van der Waals surface area contributed by atoms with Gasteiger partial charge < -0.3 is 5.32 Å². The SMILES string of the molecule is Cc1ccc([C@@H]2CC[C@@]3(C(=O)CC4CC4)C(=O)N[C@H](C)[C@H]3[C@H]2c2ccc(Cl)cc2)c(Cl)c1. The van der Waals surface area contributed by atoms with Crippen LogP contribution in [0.2, 0.25) is 10.0 Å². The summed E-state index contributed by atoms with van der Waals surface area (Å²) in [6.45, 7) is 4.09. The topological polar surface area (TPSA) is 46.2 Å². The van der Waals surface area contributed by atoms with Crippen LogP contribution in [-0.2, 0) is 9.59 Å². The van der Waals surface area contributed by atoms with Crippen LogP contribution in [0.1, 0.15) is 67.6 Å². The molecule has 2 saturated carbocycles. The van der Waals surface area contributed by atoms with Gasteiger partial charge in [-0.25, -0.2) is 0 Å². The van der Waals surface area contributed by atoms with Crippen LogP contribution in [-0.4, -0.2) is 17.7 Å². The van der Waals surface area contributed by atoms with Crippen LogP contribution in [0.25, 0.3) is 0 Å². The minimum atomic E-state index is -0.944. The van der Waals surface area contributed by atoms with E-state index in [0.29, 0.717) is 23.8 Å². The zero-order valence-corrected chi connectivity index (χ0v) is 20.0. The summed E-state index contributed by atoms with van der Waals surface area (Å²) in [5.74, 6) is 0.537. The van der Waals surface area contributed by atoms with Gasteiger partial charge in [0, 0.05) is 28.4 Å². The molecule has 168 valence electrons. The second-order valence-electron chi connectivity index (χ2n) is 10.1. The average Bonchev–Trinajstić information content (AvgIpc) is 3.52. The van der Waals surface area contributed by atoms with Crippen molar-refractivity contribution >= 4 is 34.9 Å². The van der Waals surface area contributed by atoms with Crippen molar-refractivity contribution in [3.8, 4) is 0 Å². The molecule has 1 amide bonds. The minimum Gasteiger partial charge on any atom is -0.352 e. The number of benzene rings is 2. The van der Waals surface area contributed by atoms with Gasteiger partial charge in [0.25, 0.3) is 0 Å². The first kappa shape index (κ1) is 22.0. The number of carbonyl (C=O) groups is 2. The number of fused-ring (bicyclic) bond motifs is 1. The predicted molar refractivity (Wildman–Crippen MR) is 128 cm³/mol. The average molecular weight is 470 g/mol. The Hall–Kier alpha value is -1.84. The van der Waals surface area contributed by atoms with Gasteiger partial charge in [0.15, 0.2) is 0 Å². The Bertz CT molecular complexity index is 1060. The maximum absolute atomic E-state index is 13.7. The minimum absolute atomic E-state index is 0.00155. The van der Waals surface area contributed by atoms with E-state index < -0.39 is 5.41 Å². The molecule has 5 rings (SSSR count). The number of carbonyl (C=O) groups excluding carboxylic acids is 2. The molecule has 1 aliphatic heterocycles. The van der Waals surface area contributed by atoms with E-state index in [4.69, 9.17) is 23.2 Å². The zero-order chi connectivity index (χ0) is 22.6. The Morgan fingerprint density at radius 2 is 1.81 bits per heavy atom. The highest BCUT2D eigenvalue weighted by atomic mass is 35.5. The van der Waals surface area contributed by atoms with Crippen molar-refractivity contribution in [2.75, 3.05) is 0 Å². The van der Waals surface area contributed by atoms with Crippen molar-refractivity contribution in [3.05, 3.63) is 69.2 Å². The van der Waals surface area contributed by atoms with Crippen molar-refractivity contribution in [2.45, 2.75) is 63.8 Å². The molecule has 0 unspecified atom stereocenters. The Morgan fingerprint density at radius 1 is 1.09 bits per heavy atom. The molecule has 2 aromatic carbocycles. The van der Waals surface area contributed by atoms with Gasteiger partial charge in [0.1, 0.15) is 11.2 Å². The Morgan fingerprint density at radius 3 is 2.47 bits per heavy atom. The fourth-order valence-corrected chi connectivity index (χ4v) is 6.84. The second-order valence-corrected chi connectivity index (χ2v) is 10.9. The van der Waals surface area contributed by atoms with Gasteiger partial charge >= 0.3 is 0 Å². The van der Waals surface area contributed by atoms with E-state index in [1.807, 2.05) is 25.1 Å². The molecule has 2 aliphatic carbocycles. The van der Waals surface area contributed by atoms with E-state index in [1.165, 1.54) is 0 Å². The number of nitrogens with one attached hydrogen (secondary N) is 1. The zero-order valence-electron chi connectivity index (χ0n) is 18.5. The van der Waals surface area contributed by atoms with Crippen molar-refractivity contribution in [2.24, 2.45) is 17.3 Å². The number of ketones is 1. The van der Waals surface area contributed by atoms with Crippen molar-refractivity contribution in [1.82, 2.24) is 5.32 Å². The van der Waals surface area contributed by atoms with Crippen LogP contribution in [0.15, 0.2) is 42.5 Å². The molecule has 0 spiro atoms. The number of amides is 1. The number of rotatable bonds is 5. The molecule has 3 aliphatic rings. The van der Waals surface area contributed by atoms with Crippen molar-refractivity contribution in [1.29, 1.82) is 0 Å². The third-order valence-corrected chi connectivity index (χ3v) is 8.60. The Kier molecular flexibility index (Phi) is 5.62. The molecule has 0 radical (unpaired) electrons. The highest BCUT2D eigenvalue weighted by molar-refractivity contribution is 6.31. The molecule has 1 heterocycles. The summed E-state index contributed by atoms with van der Waals surface area (Å²) in [7, 11) is 0. The Labute approximate surface area is 199 Å². The van der Waals surface area contributed by atoms with E-state index in [9.17, 15) is 9.59 Å². The summed E-state index contributed by atoms with van der Waals surface area (Å²) in [6, 6.07) is 14.1. The van der Waals surface area contributed by atoms with Crippen LogP contribution < -0.4 is 5.32 Å². The number of Topliss-reactive ketones (excluding diaryl/α,β-unsaturated/α-hetero) is 1. The summed E-state index contributed by atoms with van der Waals surface area (Å²) in [6.07, 6.45) is 4.07. The lowest BCUT2D eigenvalue weighted by Gasteiger charge is -2.47. The number of halogens is 2. The fraction of sp³-hybridized carbons (Fsp3) is 0.481. The summed E-state index contributed by atoms with van der Waals surface area (Å²) in [4.78, 5) is 27.1. The molecular formula is C27H29Cl2NO2. The number of aryl methyl sites for hydroxylation is 1. The first-order valence-electron chi connectivity index (χ1n) is 11.7. The first-order chi connectivity index (χ1) is 15.3. The summed E-state index contributed by atoms with van der Waals surface area (Å²) >= 11 is 13.0. The fourth-order valence-electron chi connectivity index (χ4n) is 6.34. The third kappa shape index (κ3) is 3.58. The lowest BCUT2D eigenvalue weighted by atomic mass is 9.53. The lowest BCUT2D eigenvalue weighted by Crippen LogP contribution is -2.49. The van der Waals surface area contributed by atoms with Gasteiger partial charge in [0.2, 0.25) is 5.91 Å². The van der Waals surface area contributed by atoms with Crippen LogP contribution in [0, 0.1) is 24.2 Å². The van der Waals surface area contributed by atoms with E-state index in [2.05, 4.69) is 36.5 Å².